The van der Waals surface area contributed by atoms with Gasteiger partial charge in [-0.25, -0.2) is 0 Å². The van der Waals surface area contributed by atoms with Crippen LogP contribution in [0.1, 0.15) is 43.7 Å². The lowest BCUT2D eigenvalue weighted by Crippen LogP contribution is -2.48. The minimum Gasteiger partial charge on any atom is -0.353 e. The van der Waals surface area contributed by atoms with Crippen LogP contribution in [0.4, 0.5) is 0 Å². The van der Waals surface area contributed by atoms with Crippen molar-refractivity contribution in [2.45, 2.75) is 38.6 Å². The number of carbonyl (C=O) groups excluding carboxylic acids is 2. The van der Waals surface area contributed by atoms with Crippen molar-refractivity contribution in [3.8, 4) is 0 Å². The van der Waals surface area contributed by atoms with E-state index in [0.717, 1.165) is 43.6 Å². The van der Waals surface area contributed by atoms with Gasteiger partial charge in [0.05, 0.1) is 5.92 Å². The van der Waals surface area contributed by atoms with Crippen LogP contribution in [0.3, 0.4) is 0 Å². The Morgan fingerprint density at radius 2 is 1.57 bits per heavy atom. The second kappa shape index (κ2) is 10.9. The average molecular weight is 408 g/mol. The lowest BCUT2D eigenvalue weighted by molar-refractivity contribution is -0.138. The number of rotatable bonds is 9. The van der Waals surface area contributed by atoms with Crippen molar-refractivity contribution in [1.29, 1.82) is 0 Å². The Bertz CT molecular complexity index is 766. The highest BCUT2D eigenvalue weighted by molar-refractivity contribution is 5.93. The van der Waals surface area contributed by atoms with E-state index in [-0.39, 0.29) is 17.9 Å². The van der Waals surface area contributed by atoms with Gasteiger partial charge in [0.15, 0.2) is 0 Å². The van der Waals surface area contributed by atoms with Crippen molar-refractivity contribution in [2.24, 2.45) is 0 Å². The molecule has 1 N–H and O–H groups in total. The first-order chi connectivity index (χ1) is 14.7. The maximum Gasteiger partial charge on any atom is 0.242 e. The molecule has 0 bridgehead atoms. The number of benzene rings is 2. The van der Waals surface area contributed by atoms with E-state index in [9.17, 15) is 9.59 Å². The first-order valence-electron chi connectivity index (χ1n) is 11.1. The van der Waals surface area contributed by atoms with E-state index >= 15 is 0 Å². The molecule has 1 fully saturated rings. The zero-order valence-electron chi connectivity index (χ0n) is 18.1. The molecular formula is C25H33N3O2. The molecule has 1 aliphatic heterocycles. The minimum absolute atomic E-state index is 0.00814. The van der Waals surface area contributed by atoms with Crippen molar-refractivity contribution in [3.63, 3.8) is 0 Å². The van der Waals surface area contributed by atoms with Gasteiger partial charge in [0.1, 0.15) is 6.04 Å². The molecule has 2 aromatic rings. The van der Waals surface area contributed by atoms with Crippen molar-refractivity contribution in [3.05, 3.63) is 71.8 Å². The number of hydrogen-bond donors (Lipinski definition) is 1. The zero-order chi connectivity index (χ0) is 21.3. The van der Waals surface area contributed by atoms with Gasteiger partial charge in [-0.05, 0) is 37.1 Å². The molecule has 0 aliphatic carbocycles. The summed E-state index contributed by atoms with van der Waals surface area (Å²) in [6.45, 7) is 8.25. The molecule has 1 saturated heterocycles. The van der Waals surface area contributed by atoms with Crippen LogP contribution < -0.4 is 5.32 Å². The SMILES string of the molecule is CCN(CC)CCNC(=O)C1CCCN1C(=O)C(c1ccccc1)c1ccccc1. The fraction of sp³-hybridized carbons (Fsp3) is 0.440. The maximum absolute atomic E-state index is 13.7. The van der Waals surface area contributed by atoms with Gasteiger partial charge in [0, 0.05) is 19.6 Å². The molecule has 5 nitrogen and oxygen atoms in total. The fourth-order valence-corrected chi connectivity index (χ4v) is 4.23. The Morgan fingerprint density at radius 3 is 2.10 bits per heavy atom. The van der Waals surface area contributed by atoms with Crippen molar-refractivity contribution in [1.82, 2.24) is 15.1 Å². The van der Waals surface area contributed by atoms with Crippen LogP contribution in [0.2, 0.25) is 0 Å². The number of carbonyl (C=O) groups is 2. The van der Waals surface area contributed by atoms with Gasteiger partial charge in [0.25, 0.3) is 0 Å². The first kappa shape index (κ1) is 22.0. The molecule has 1 unspecified atom stereocenters. The van der Waals surface area contributed by atoms with E-state index in [0.29, 0.717) is 13.1 Å². The topological polar surface area (TPSA) is 52.7 Å². The number of nitrogens with zero attached hydrogens (tertiary/aromatic N) is 2. The van der Waals surface area contributed by atoms with Gasteiger partial charge in [-0.2, -0.15) is 0 Å². The molecule has 0 aromatic heterocycles. The standard InChI is InChI=1S/C25H33N3O2/c1-3-27(4-2)19-17-26-24(29)22-16-11-18-28(22)25(30)23(20-12-7-5-8-13-20)21-14-9-6-10-15-21/h5-10,12-15,22-23H,3-4,11,16-19H2,1-2H3,(H,26,29). The molecule has 0 radical (unpaired) electrons. The predicted octanol–water partition coefficient (Wildman–Crippen LogP) is 3.27. The maximum atomic E-state index is 13.7. The molecule has 3 rings (SSSR count). The lowest BCUT2D eigenvalue weighted by atomic mass is 9.90. The number of amides is 2. The van der Waals surface area contributed by atoms with Crippen LogP contribution in [-0.2, 0) is 9.59 Å². The van der Waals surface area contributed by atoms with Crippen LogP contribution in [0.15, 0.2) is 60.7 Å². The first-order valence-corrected chi connectivity index (χ1v) is 11.1. The number of likely N-dealkylation sites (tertiary alicyclic amines) is 1. The number of likely N-dealkylation sites (N-methyl/N-ethyl adjacent to an activating group) is 1. The molecule has 1 heterocycles. The third kappa shape index (κ3) is 5.28. The summed E-state index contributed by atoms with van der Waals surface area (Å²) in [7, 11) is 0. The summed E-state index contributed by atoms with van der Waals surface area (Å²) in [5.41, 5.74) is 1.92. The van der Waals surface area contributed by atoms with Crippen LogP contribution >= 0.6 is 0 Å². The largest absolute Gasteiger partial charge is 0.353 e. The Labute approximate surface area is 180 Å². The highest BCUT2D eigenvalue weighted by Crippen LogP contribution is 2.30. The fourth-order valence-electron chi connectivity index (χ4n) is 4.23. The minimum atomic E-state index is -0.392. The quantitative estimate of drug-likeness (QED) is 0.694. The summed E-state index contributed by atoms with van der Waals surface area (Å²) in [4.78, 5) is 30.6. The Hall–Kier alpha value is -2.66. The van der Waals surface area contributed by atoms with E-state index in [1.54, 1.807) is 4.90 Å². The molecule has 0 spiro atoms. The van der Waals surface area contributed by atoms with Gasteiger partial charge in [-0.3, -0.25) is 9.59 Å². The smallest absolute Gasteiger partial charge is 0.242 e. The lowest BCUT2D eigenvalue weighted by Gasteiger charge is -2.29. The molecule has 5 heteroatoms. The van der Waals surface area contributed by atoms with Crippen LogP contribution in [0.5, 0.6) is 0 Å². The van der Waals surface area contributed by atoms with Crippen LogP contribution in [-0.4, -0.2) is 60.4 Å². The van der Waals surface area contributed by atoms with E-state index in [1.807, 2.05) is 60.7 Å². The highest BCUT2D eigenvalue weighted by Gasteiger charge is 2.38. The van der Waals surface area contributed by atoms with Crippen LogP contribution in [0, 0.1) is 0 Å². The van der Waals surface area contributed by atoms with E-state index in [2.05, 4.69) is 24.1 Å². The van der Waals surface area contributed by atoms with Gasteiger partial charge >= 0.3 is 0 Å². The number of hydrogen-bond acceptors (Lipinski definition) is 3. The Balaban J connectivity index is 1.74. The van der Waals surface area contributed by atoms with Crippen molar-refractivity contribution < 1.29 is 9.59 Å². The summed E-state index contributed by atoms with van der Waals surface area (Å²) in [5, 5.41) is 3.05. The van der Waals surface area contributed by atoms with Gasteiger partial charge in [0.2, 0.25) is 11.8 Å². The van der Waals surface area contributed by atoms with E-state index in [4.69, 9.17) is 0 Å². The average Bonchev–Trinajstić information content (AvgIpc) is 3.28. The summed E-state index contributed by atoms with van der Waals surface area (Å²) < 4.78 is 0. The van der Waals surface area contributed by atoms with E-state index in [1.165, 1.54) is 0 Å². The van der Waals surface area contributed by atoms with E-state index < -0.39 is 5.92 Å². The third-order valence-corrected chi connectivity index (χ3v) is 5.97. The molecule has 30 heavy (non-hydrogen) atoms. The second-order valence-corrected chi connectivity index (χ2v) is 7.76. The highest BCUT2D eigenvalue weighted by atomic mass is 16.2. The summed E-state index contributed by atoms with van der Waals surface area (Å²) in [6.07, 6.45) is 1.58. The zero-order valence-corrected chi connectivity index (χ0v) is 18.1. The van der Waals surface area contributed by atoms with Gasteiger partial charge in [-0.1, -0.05) is 74.5 Å². The molecule has 0 saturated carbocycles. The third-order valence-electron chi connectivity index (χ3n) is 5.97. The monoisotopic (exact) mass is 407 g/mol. The summed E-state index contributed by atoms with van der Waals surface area (Å²) in [5.74, 6) is -0.418. The van der Waals surface area contributed by atoms with Gasteiger partial charge in [-0.15, -0.1) is 0 Å². The van der Waals surface area contributed by atoms with Gasteiger partial charge < -0.3 is 15.1 Å². The van der Waals surface area contributed by atoms with Crippen molar-refractivity contribution >= 4 is 11.8 Å². The summed E-state index contributed by atoms with van der Waals surface area (Å²) >= 11 is 0. The molecule has 2 amide bonds. The summed E-state index contributed by atoms with van der Waals surface area (Å²) in [6, 6.07) is 19.3. The Kier molecular flexibility index (Phi) is 8.03. The normalized spacial score (nSPS) is 16.3. The molecular weight excluding hydrogens is 374 g/mol. The molecule has 2 aromatic carbocycles. The van der Waals surface area contributed by atoms with Crippen LogP contribution in [0.25, 0.3) is 0 Å². The molecule has 1 atom stereocenters. The molecule has 160 valence electrons. The predicted molar refractivity (Wildman–Crippen MR) is 120 cm³/mol. The molecule has 1 aliphatic rings. The second-order valence-electron chi connectivity index (χ2n) is 7.76. The van der Waals surface area contributed by atoms with Crippen molar-refractivity contribution in [2.75, 3.05) is 32.7 Å². The number of nitrogens with one attached hydrogen (secondary N) is 1. The Morgan fingerprint density at radius 1 is 1.00 bits per heavy atom.